The first-order chi connectivity index (χ1) is 13.5. The molecule has 0 unspecified atom stereocenters. The Kier molecular flexibility index (Phi) is 4.70. The summed E-state index contributed by atoms with van der Waals surface area (Å²) in [6.45, 7) is 4.05. The van der Waals surface area contributed by atoms with Gasteiger partial charge >= 0.3 is 0 Å². The van der Waals surface area contributed by atoms with Gasteiger partial charge in [0.2, 0.25) is 5.91 Å². The zero-order chi connectivity index (χ0) is 19.8. The maximum Gasteiger partial charge on any atom is 0.264 e. The first kappa shape index (κ1) is 18.3. The number of nitrogens with zero attached hydrogens (tertiary/aromatic N) is 5. The molecule has 0 aliphatic carbocycles. The fraction of sp³-hybridized carbons (Fsp3) is 0.400. The van der Waals surface area contributed by atoms with Crippen LogP contribution in [0.25, 0.3) is 16.7 Å². The Balaban J connectivity index is 1.65. The van der Waals surface area contributed by atoms with Crippen molar-refractivity contribution in [2.75, 3.05) is 0 Å². The van der Waals surface area contributed by atoms with Crippen LogP contribution in [0, 0.1) is 5.82 Å². The average Bonchev–Trinajstić information content (AvgIpc) is 3.09. The van der Waals surface area contributed by atoms with E-state index in [2.05, 4.69) is 10.1 Å². The fourth-order valence-corrected chi connectivity index (χ4v) is 3.97. The molecule has 1 fully saturated rings. The van der Waals surface area contributed by atoms with Crippen LogP contribution in [0.4, 0.5) is 4.39 Å². The minimum Gasteiger partial charge on any atom is -0.336 e. The summed E-state index contributed by atoms with van der Waals surface area (Å²) in [7, 11) is 0. The Morgan fingerprint density at radius 3 is 2.54 bits per heavy atom. The molecule has 1 amide bonds. The van der Waals surface area contributed by atoms with E-state index in [1.807, 2.05) is 18.7 Å². The maximum absolute atomic E-state index is 13.2. The van der Waals surface area contributed by atoms with Gasteiger partial charge in [0.1, 0.15) is 24.1 Å². The molecule has 0 saturated carbocycles. The molecule has 1 aromatic carbocycles. The third kappa shape index (κ3) is 3.19. The number of likely N-dealkylation sites (tertiary alicyclic amines) is 1. The number of benzene rings is 1. The van der Waals surface area contributed by atoms with Crippen LogP contribution in [-0.2, 0) is 11.3 Å². The summed E-state index contributed by atoms with van der Waals surface area (Å²) in [5.74, 6) is -0.427. The molecule has 0 spiro atoms. The number of carbonyl (C=O) groups excluding carboxylic acids is 1. The number of carbonyl (C=O) groups is 1. The highest BCUT2D eigenvalue weighted by Gasteiger charge is 2.29. The van der Waals surface area contributed by atoms with Gasteiger partial charge in [0.25, 0.3) is 5.56 Å². The van der Waals surface area contributed by atoms with Gasteiger partial charge in [-0.25, -0.2) is 14.1 Å². The highest BCUT2D eigenvalue weighted by atomic mass is 19.1. The zero-order valence-electron chi connectivity index (χ0n) is 15.9. The summed E-state index contributed by atoms with van der Waals surface area (Å²) in [6.07, 6.45) is 5.88. The quantitative estimate of drug-likeness (QED) is 0.697. The van der Waals surface area contributed by atoms with Crippen molar-refractivity contribution >= 4 is 16.9 Å². The van der Waals surface area contributed by atoms with Crippen LogP contribution < -0.4 is 5.56 Å². The Morgan fingerprint density at radius 2 is 1.86 bits per heavy atom. The first-order valence-corrected chi connectivity index (χ1v) is 9.46. The predicted molar refractivity (Wildman–Crippen MR) is 103 cm³/mol. The Morgan fingerprint density at radius 1 is 1.18 bits per heavy atom. The van der Waals surface area contributed by atoms with Gasteiger partial charge in [-0.1, -0.05) is 0 Å². The molecule has 0 bridgehead atoms. The Bertz CT molecular complexity index is 1060. The van der Waals surface area contributed by atoms with Gasteiger partial charge in [0, 0.05) is 12.1 Å². The van der Waals surface area contributed by atoms with E-state index in [9.17, 15) is 14.0 Å². The van der Waals surface area contributed by atoms with Crippen molar-refractivity contribution in [1.29, 1.82) is 0 Å². The third-order valence-electron chi connectivity index (χ3n) is 5.41. The van der Waals surface area contributed by atoms with Gasteiger partial charge in [-0.3, -0.25) is 14.2 Å². The molecule has 146 valence electrons. The number of hydrogen-bond donors (Lipinski definition) is 0. The van der Waals surface area contributed by atoms with Crippen LogP contribution in [0.3, 0.4) is 0 Å². The number of piperidine rings is 1. The standard InChI is InChI=1S/C20H22FN5O2/c1-13-4-3-5-14(2)25(13)18(27)11-24-12-22-19-17(20(24)28)10-23-26(19)16-8-6-15(21)7-9-16/h6-10,12-14H,3-5,11H2,1-2H3/t13-,14+. The van der Waals surface area contributed by atoms with Crippen molar-refractivity contribution in [3.63, 3.8) is 0 Å². The summed E-state index contributed by atoms with van der Waals surface area (Å²) in [5.41, 5.74) is 0.664. The monoisotopic (exact) mass is 383 g/mol. The Labute approximate surface area is 161 Å². The lowest BCUT2D eigenvalue weighted by Gasteiger charge is -2.39. The normalized spacial score (nSPS) is 19.9. The number of fused-ring (bicyclic) bond motifs is 1. The molecule has 0 radical (unpaired) electrons. The lowest BCUT2D eigenvalue weighted by molar-refractivity contribution is -0.138. The van der Waals surface area contributed by atoms with Gasteiger partial charge in [-0.05, 0) is 57.4 Å². The van der Waals surface area contributed by atoms with Crippen LogP contribution in [0.1, 0.15) is 33.1 Å². The van der Waals surface area contributed by atoms with Crippen molar-refractivity contribution in [1.82, 2.24) is 24.2 Å². The molecule has 2 aromatic heterocycles. The molecule has 0 N–H and O–H groups in total. The minimum atomic E-state index is -0.352. The topological polar surface area (TPSA) is 73.0 Å². The van der Waals surface area contributed by atoms with Crippen molar-refractivity contribution in [2.24, 2.45) is 0 Å². The zero-order valence-corrected chi connectivity index (χ0v) is 15.9. The molecular formula is C20H22FN5O2. The minimum absolute atomic E-state index is 0.0435. The van der Waals surface area contributed by atoms with Crippen molar-refractivity contribution in [3.05, 3.63) is 53.0 Å². The van der Waals surface area contributed by atoms with Crippen LogP contribution in [-0.4, -0.2) is 42.2 Å². The number of aromatic nitrogens is 4. The van der Waals surface area contributed by atoms with E-state index >= 15 is 0 Å². The molecule has 28 heavy (non-hydrogen) atoms. The number of halogens is 1. The van der Waals surface area contributed by atoms with Crippen molar-refractivity contribution < 1.29 is 9.18 Å². The molecule has 3 heterocycles. The number of amides is 1. The van der Waals surface area contributed by atoms with E-state index in [1.54, 1.807) is 12.1 Å². The van der Waals surface area contributed by atoms with Gasteiger partial charge < -0.3 is 4.90 Å². The second kappa shape index (κ2) is 7.18. The highest BCUT2D eigenvalue weighted by molar-refractivity contribution is 5.78. The molecule has 1 saturated heterocycles. The van der Waals surface area contributed by atoms with E-state index in [0.717, 1.165) is 19.3 Å². The summed E-state index contributed by atoms with van der Waals surface area (Å²) in [5, 5.41) is 4.53. The summed E-state index contributed by atoms with van der Waals surface area (Å²) in [4.78, 5) is 31.9. The van der Waals surface area contributed by atoms with Gasteiger partial charge in [-0.15, -0.1) is 0 Å². The van der Waals surface area contributed by atoms with Crippen LogP contribution in [0.2, 0.25) is 0 Å². The SMILES string of the molecule is C[C@@H]1CCC[C@H](C)N1C(=O)Cn1cnc2c(cnn2-c2ccc(F)cc2)c1=O. The molecule has 8 heteroatoms. The van der Waals surface area contributed by atoms with Crippen LogP contribution in [0.15, 0.2) is 41.6 Å². The first-order valence-electron chi connectivity index (χ1n) is 9.46. The lowest BCUT2D eigenvalue weighted by atomic mass is 9.97. The van der Waals surface area contributed by atoms with Crippen molar-refractivity contribution in [2.45, 2.75) is 51.7 Å². The number of hydrogen-bond acceptors (Lipinski definition) is 4. The van der Waals surface area contributed by atoms with Gasteiger partial charge in [0.05, 0.1) is 11.9 Å². The molecule has 4 rings (SSSR count). The van der Waals surface area contributed by atoms with Crippen molar-refractivity contribution in [3.8, 4) is 5.69 Å². The largest absolute Gasteiger partial charge is 0.336 e. The fourth-order valence-electron chi connectivity index (χ4n) is 3.97. The van der Waals surface area contributed by atoms with E-state index in [4.69, 9.17) is 0 Å². The predicted octanol–water partition coefficient (Wildman–Crippen LogP) is 2.51. The molecule has 7 nitrogen and oxygen atoms in total. The third-order valence-corrected chi connectivity index (χ3v) is 5.41. The van der Waals surface area contributed by atoms with Gasteiger partial charge in [-0.2, -0.15) is 5.10 Å². The molecule has 3 aromatic rings. The van der Waals surface area contributed by atoms with E-state index in [-0.39, 0.29) is 35.9 Å². The molecule has 1 aliphatic heterocycles. The Hall–Kier alpha value is -3.03. The molecule has 1 aliphatic rings. The second-order valence-corrected chi connectivity index (χ2v) is 7.38. The summed E-state index contributed by atoms with van der Waals surface area (Å²) >= 11 is 0. The lowest BCUT2D eigenvalue weighted by Crippen LogP contribution is -2.49. The second-order valence-electron chi connectivity index (χ2n) is 7.38. The van der Waals surface area contributed by atoms with E-state index < -0.39 is 0 Å². The number of rotatable bonds is 3. The smallest absolute Gasteiger partial charge is 0.264 e. The summed E-state index contributed by atoms with van der Waals surface area (Å²) in [6, 6.07) is 6.12. The summed E-state index contributed by atoms with van der Waals surface area (Å²) < 4.78 is 16.0. The van der Waals surface area contributed by atoms with Crippen LogP contribution in [0.5, 0.6) is 0 Å². The van der Waals surface area contributed by atoms with Gasteiger partial charge in [0.15, 0.2) is 5.65 Å². The van der Waals surface area contributed by atoms with Crippen LogP contribution >= 0.6 is 0 Å². The molecule has 2 atom stereocenters. The molecular weight excluding hydrogens is 361 g/mol. The van der Waals surface area contributed by atoms with E-state index in [1.165, 1.54) is 33.9 Å². The average molecular weight is 383 g/mol. The maximum atomic E-state index is 13.2. The highest BCUT2D eigenvalue weighted by Crippen LogP contribution is 2.23. The van der Waals surface area contributed by atoms with E-state index in [0.29, 0.717) is 16.7 Å².